The summed E-state index contributed by atoms with van der Waals surface area (Å²) >= 11 is 3.43. The summed E-state index contributed by atoms with van der Waals surface area (Å²) in [5, 5.41) is 3.98. The van der Waals surface area contributed by atoms with Crippen LogP contribution >= 0.6 is 15.9 Å². The second kappa shape index (κ2) is 9.66. The van der Waals surface area contributed by atoms with Crippen molar-refractivity contribution in [3.63, 3.8) is 0 Å². The molecular weight excluding hydrogens is 499 g/mol. The molecule has 0 unspecified atom stereocenters. The smallest absolute Gasteiger partial charge is 0.260 e. The van der Waals surface area contributed by atoms with Gasteiger partial charge in [-0.3, -0.25) is 9.10 Å². The minimum absolute atomic E-state index is 0.186. The van der Waals surface area contributed by atoms with Crippen molar-refractivity contribution in [1.82, 2.24) is 9.99 Å². The zero-order chi connectivity index (χ0) is 23.5. The predicted molar refractivity (Wildman–Crippen MR) is 127 cm³/mol. The quantitative estimate of drug-likeness (QED) is 0.378. The van der Waals surface area contributed by atoms with Crippen LogP contribution in [0.5, 0.6) is 0 Å². The van der Waals surface area contributed by atoms with Gasteiger partial charge < -0.3 is 4.57 Å². The van der Waals surface area contributed by atoms with Gasteiger partial charge in [-0.1, -0.05) is 15.9 Å². The average Bonchev–Trinajstić information content (AvgIpc) is 3.00. The Morgan fingerprint density at radius 3 is 2.38 bits per heavy atom. The monoisotopic (exact) mass is 520 g/mol. The summed E-state index contributed by atoms with van der Waals surface area (Å²) in [6.45, 7) is 3.43. The number of nitrogens with zero attached hydrogens (tertiary/aromatic N) is 3. The fourth-order valence-corrected chi connectivity index (χ4v) is 4.37. The number of anilines is 1. The number of hydrazone groups is 1. The highest BCUT2D eigenvalue weighted by molar-refractivity contribution is 9.10. The number of hydrogen-bond donors (Lipinski definition) is 1. The van der Waals surface area contributed by atoms with Gasteiger partial charge in [-0.05, 0) is 68.4 Å². The lowest BCUT2D eigenvalue weighted by molar-refractivity contribution is -0.119. The highest BCUT2D eigenvalue weighted by Crippen LogP contribution is 2.21. The Labute approximate surface area is 194 Å². The van der Waals surface area contributed by atoms with Crippen LogP contribution in [0.15, 0.2) is 64.2 Å². The number of hydrogen-bond acceptors (Lipinski definition) is 4. The van der Waals surface area contributed by atoms with Gasteiger partial charge in [-0.2, -0.15) is 5.10 Å². The van der Waals surface area contributed by atoms with Crippen LogP contribution in [0.25, 0.3) is 5.69 Å². The van der Waals surface area contributed by atoms with Crippen LogP contribution in [0.3, 0.4) is 0 Å². The van der Waals surface area contributed by atoms with Gasteiger partial charge in [0.15, 0.2) is 0 Å². The molecule has 168 valence electrons. The molecule has 10 heteroatoms. The number of aryl methyl sites for hydroxylation is 1. The molecular formula is C22H22BrFN4O3S. The van der Waals surface area contributed by atoms with E-state index in [0.29, 0.717) is 0 Å². The normalized spacial score (nSPS) is 11.7. The topological polar surface area (TPSA) is 83.8 Å². The summed E-state index contributed by atoms with van der Waals surface area (Å²) in [6.07, 6.45) is 2.49. The average molecular weight is 521 g/mol. The largest absolute Gasteiger partial charge is 0.318 e. The van der Waals surface area contributed by atoms with E-state index >= 15 is 0 Å². The third-order valence-electron chi connectivity index (χ3n) is 4.75. The van der Waals surface area contributed by atoms with Crippen molar-refractivity contribution in [3.8, 4) is 5.69 Å². The third-order valence-corrected chi connectivity index (χ3v) is 6.42. The number of carbonyl (C=O) groups is 1. The zero-order valence-corrected chi connectivity index (χ0v) is 20.1. The number of carbonyl (C=O) groups excluding carboxylic acids is 1. The maximum absolute atomic E-state index is 13.2. The van der Waals surface area contributed by atoms with Gasteiger partial charge >= 0.3 is 0 Å². The molecule has 3 aromatic rings. The van der Waals surface area contributed by atoms with Crippen molar-refractivity contribution < 1.29 is 17.6 Å². The van der Waals surface area contributed by atoms with Crippen molar-refractivity contribution in [1.29, 1.82) is 0 Å². The van der Waals surface area contributed by atoms with Crippen molar-refractivity contribution >= 4 is 43.8 Å². The van der Waals surface area contributed by atoms with Gasteiger partial charge in [0.05, 0.1) is 18.2 Å². The van der Waals surface area contributed by atoms with Gasteiger partial charge in [0.2, 0.25) is 10.0 Å². The third kappa shape index (κ3) is 5.63. The molecule has 1 heterocycles. The van der Waals surface area contributed by atoms with Crippen molar-refractivity contribution in [2.24, 2.45) is 5.10 Å². The Kier molecular flexibility index (Phi) is 7.15. The van der Waals surface area contributed by atoms with Crippen LogP contribution in [-0.2, 0) is 14.8 Å². The molecule has 1 N–H and O–H groups in total. The van der Waals surface area contributed by atoms with Crippen LogP contribution in [0.1, 0.15) is 17.0 Å². The number of benzene rings is 2. The lowest BCUT2D eigenvalue weighted by atomic mass is 10.2. The summed E-state index contributed by atoms with van der Waals surface area (Å²) in [5.41, 5.74) is 6.28. The highest BCUT2D eigenvalue weighted by atomic mass is 79.9. The highest BCUT2D eigenvalue weighted by Gasteiger charge is 2.20. The van der Waals surface area contributed by atoms with E-state index in [1.165, 1.54) is 18.3 Å². The van der Waals surface area contributed by atoms with E-state index in [2.05, 4.69) is 31.0 Å². The molecule has 0 saturated carbocycles. The zero-order valence-electron chi connectivity index (χ0n) is 17.7. The lowest BCUT2D eigenvalue weighted by Gasteiger charge is -2.21. The Hall–Kier alpha value is -2.98. The Morgan fingerprint density at radius 2 is 1.78 bits per heavy atom. The predicted octanol–water partition coefficient (Wildman–Crippen LogP) is 3.91. The van der Waals surface area contributed by atoms with E-state index in [4.69, 9.17) is 0 Å². The van der Waals surface area contributed by atoms with Gasteiger partial charge in [-0.15, -0.1) is 0 Å². The van der Waals surface area contributed by atoms with E-state index in [1.54, 1.807) is 0 Å². The molecule has 0 saturated heterocycles. The van der Waals surface area contributed by atoms with Crippen LogP contribution in [-0.4, -0.2) is 37.9 Å². The van der Waals surface area contributed by atoms with E-state index in [0.717, 1.165) is 49.8 Å². The second-order valence-corrected chi connectivity index (χ2v) is 10.0. The Bertz CT molecular complexity index is 1250. The van der Waals surface area contributed by atoms with E-state index in [1.807, 2.05) is 44.2 Å². The summed E-state index contributed by atoms with van der Waals surface area (Å²) in [6, 6.07) is 14.7. The molecule has 0 atom stereocenters. The van der Waals surface area contributed by atoms with E-state index in [9.17, 15) is 17.6 Å². The van der Waals surface area contributed by atoms with Crippen molar-refractivity contribution in [3.05, 3.63) is 81.8 Å². The maximum Gasteiger partial charge on any atom is 0.260 e. The van der Waals surface area contributed by atoms with E-state index < -0.39 is 28.3 Å². The first-order valence-corrected chi connectivity index (χ1v) is 12.2. The van der Waals surface area contributed by atoms with Crippen molar-refractivity contribution in [2.75, 3.05) is 17.1 Å². The van der Waals surface area contributed by atoms with E-state index in [-0.39, 0.29) is 5.69 Å². The number of aromatic nitrogens is 1. The van der Waals surface area contributed by atoms with Gasteiger partial charge in [0.1, 0.15) is 12.4 Å². The Morgan fingerprint density at radius 1 is 1.16 bits per heavy atom. The number of nitrogens with one attached hydrogen (secondary N) is 1. The molecule has 0 radical (unpaired) electrons. The standard InChI is InChI=1S/C22H22BrFN4O3S/c1-15-12-17(16(2)28(15)21-8-4-18(23)5-9-21)13-25-26-22(29)14-27(32(3,30)31)20-10-6-19(24)7-11-20/h4-13H,14H2,1-3H3,(H,26,29)/b25-13-. The molecule has 32 heavy (non-hydrogen) atoms. The van der Waals surface area contributed by atoms with Crippen LogP contribution < -0.4 is 9.73 Å². The first kappa shape index (κ1) is 23.7. The number of halogens is 2. The molecule has 3 rings (SSSR count). The molecule has 1 amide bonds. The molecule has 0 bridgehead atoms. The van der Waals surface area contributed by atoms with Crippen LogP contribution in [0.2, 0.25) is 0 Å². The molecule has 0 spiro atoms. The first-order chi connectivity index (χ1) is 15.1. The molecule has 2 aromatic carbocycles. The van der Waals surface area contributed by atoms with Crippen LogP contribution in [0.4, 0.5) is 10.1 Å². The molecule has 1 aromatic heterocycles. The minimum Gasteiger partial charge on any atom is -0.318 e. The molecule has 0 fully saturated rings. The summed E-state index contributed by atoms with van der Waals surface area (Å²) in [5.74, 6) is -1.13. The second-order valence-electron chi connectivity index (χ2n) is 7.18. The van der Waals surface area contributed by atoms with Gasteiger partial charge in [-0.25, -0.2) is 18.2 Å². The fraction of sp³-hybridized carbons (Fsp3) is 0.182. The number of sulfonamides is 1. The van der Waals surface area contributed by atoms with Crippen LogP contribution in [0, 0.1) is 19.7 Å². The van der Waals surface area contributed by atoms with Crippen molar-refractivity contribution in [2.45, 2.75) is 13.8 Å². The lowest BCUT2D eigenvalue weighted by Crippen LogP contribution is -2.39. The fourth-order valence-electron chi connectivity index (χ4n) is 3.25. The first-order valence-electron chi connectivity index (χ1n) is 9.56. The SMILES string of the molecule is Cc1cc(/C=N\NC(=O)CN(c2ccc(F)cc2)S(C)(=O)=O)c(C)n1-c1ccc(Br)cc1. The molecule has 0 aliphatic heterocycles. The van der Waals surface area contributed by atoms with Gasteiger partial charge in [0.25, 0.3) is 5.91 Å². The molecule has 0 aliphatic rings. The summed E-state index contributed by atoms with van der Waals surface area (Å²) < 4.78 is 41.3. The molecule has 7 nitrogen and oxygen atoms in total. The summed E-state index contributed by atoms with van der Waals surface area (Å²) in [7, 11) is -3.75. The number of rotatable bonds is 7. The minimum atomic E-state index is -3.75. The summed E-state index contributed by atoms with van der Waals surface area (Å²) in [4.78, 5) is 12.3. The Balaban J connectivity index is 1.73. The number of amides is 1. The van der Waals surface area contributed by atoms with Gasteiger partial charge in [0, 0.05) is 27.1 Å². The molecule has 0 aliphatic carbocycles. The maximum atomic E-state index is 13.2.